The van der Waals surface area contributed by atoms with Crippen molar-refractivity contribution in [2.24, 2.45) is 5.92 Å². The third kappa shape index (κ3) is 2.49. The van der Waals surface area contributed by atoms with E-state index in [4.69, 9.17) is 0 Å². The minimum atomic E-state index is -3.60. The Balaban J connectivity index is 2.09. The van der Waals surface area contributed by atoms with E-state index >= 15 is 0 Å². The molecule has 5 heteroatoms. The molecule has 1 unspecified atom stereocenters. The molecule has 0 aromatic heterocycles. The smallest absolute Gasteiger partial charge is 0.264 e. The summed E-state index contributed by atoms with van der Waals surface area (Å²) in [6.45, 7) is 2.52. The molecule has 0 saturated carbocycles. The maximum absolute atomic E-state index is 12.9. The Kier molecular flexibility index (Phi) is 3.37. The highest BCUT2D eigenvalue weighted by molar-refractivity contribution is 7.92. The predicted octanol–water partition coefficient (Wildman–Crippen LogP) is 2.78. The van der Waals surface area contributed by atoms with E-state index in [1.54, 1.807) is 0 Å². The van der Waals surface area contributed by atoms with Gasteiger partial charge in [0.05, 0.1) is 10.6 Å². The molecule has 2 aromatic rings. The van der Waals surface area contributed by atoms with Crippen LogP contribution in [0.25, 0.3) is 0 Å². The highest BCUT2D eigenvalue weighted by atomic mass is 32.2. The highest BCUT2D eigenvalue weighted by Crippen LogP contribution is 2.33. The molecule has 3 rings (SSSR count). The molecule has 1 aliphatic heterocycles. The number of hydrogen-bond acceptors (Lipinski definition) is 3. The minimum absolute atomic E-state index is 0.0568. The standard InChI is InChI=1S/C16H17NO3S/c1-12-10-13-4-2-3-5-16(13)17(11-12)21(19,20)15-8-6-14(18)7-9-15/h2-9,12,18H,10-11H2,1H3. The molecule has 0 bridgehead atoms. The zero-order valence-corrected chi connectivity index (χ0v) is 12.5. The van der Waals surface area contributed by atoms with Crippen molar-refractivity contribution in [1.29, 1.82) is 0 Å². The molecule has 110 valence electrons. The van der Waals surface area contributed by atoms with Crippen LogP contribution in [0.1, 0.15) is 12.5 Å². The fraction of sp³-hybridized carbons (Fsp3) is 0.250. The number of phenols is 1. The van der Waals surface area contributed by atoms with Crippen LogP contribution in [0.5, 0.6) is 5.75 Å². The zero-order chi connectivity index (χ0) is 15.0. The number of nitrogens with zero attached hydrogens (tertiary/aromatic N) is 1. The van der Waals surface area contributed by atoms with Gasteiger partial charge in [0.25, 0.3) is 10.0 Å². The minimum Gasteiger partial charge on any atom is -0.508 e. The quantitative estimate of drug-likeness (QED) is 0.928. The molecule has 1 aliphatic rings. The van der Waals surface area contributed by atoms with E-state index in [1.807, 2.05) is 24.3 Å². The van der Waals surface area contributed by atoms with Gasteiger partial charge >= 0.3 is 0 Å². The van der Waals surface area contributed by atoms with Gasteiger partial charge in [-0.15, -0.1) is 0 Å². The normalized spacial score (nSPS) is 18.3. The Morgan fingerprint density at radius 1 is 1.10 bits per heavy atom. The first-order valence-corrected chi connectivity index (χ1v) is 8.32. The molecule has 21 heavy (non-hydrogen) atoms. The summed E-state index contributed by atoms with van der Waals surface area (Å²) in [5.41, 5.74) is 1.81. The Hall–Kier alpha value is -2.01. The number of aromatic hydroxyl groups is 1. The Morgan fingerprint density at radius 3 is 2.48 bits per heavy atom. The molecule has 1 heterocycles. The second-order valence-electron chi connectivity index (χ2n) is 5.47. The third-order valence-electron chi connectivity index (χ3n) is 3.73. The zero-order valence-electron chi connectivity index (χ0n) is 11.7. The molecule has 1 N–H and O–H groups in total. The average Bonchev–Trinajstić information content (AvgIpc) is 2.46. The van der Waals surface area contributed by atoms with E-state index in [9.17, 15) is 13.5 Å². The molecule has 0 saturated heterocycles. The topological polar surface area (TPSA) is 57.6 Å². The maximum Gasteiger partial charge on any atom is 0.264 e. The number of anilines is 1. The lowest BCUT2D eigenvalue weighted by Gasteiger charge is -2.33. The summed E-state index contributed by atoms with van der Waals surface area (Å²) in [6, 6.07) is 13.3. The van der Waals surface area contributed by atoms with Gasteiger partial charge < -0.3 is 5.11 Å². The molecule has 0 spiro atoms. The maximum atomic E-state index is 12.9. The Labute approximate surface area is 124 Å². The van der Waals surface area contributed by atoms with Gasteiger partial charge in [0.15, 0.2) is 0 Å². The van der Waals surface area contributed by atoms with Crippen molar-refractivity contribution in [3.05, 3.63) is 54.1 Å². The lowest BCUT2D eigenvalue weighted by atomic mass is 9.96. The van der Waals surface area contributed by atoms with Gasteiger partial charge in [0, 0.05) is 6.54 Å². The van der Waals surface area contributed by atoms with E-state index < -0.39 is 10.0 Å². The highest BCUT2D eigenvalue weighted by Gasteiger charge is 2.31. The molecule has 0 amide bonds. The predicted molar refractivity (Wildman–Crippen MR) is 81.9 cm³/mol. The summed E-state index contributed by atoms with van der Waals surface area (Å²) in [4.78, 5) is 0.198. The lowest BCUT2D eigenvalue weighted by Crippen LogP contribution is -2.39. The van der Waals surface area contributed by atoms with Crippen LogP contribution in [-0.4, -0.2) is 20.1 Å². The summed E-state index contributed by atoms with van der Waals surface area (Å²) in [5.74, 6) is 0.327. The number of hydrogen-bond donors (Lipinski definition) is 1. The van der Waals surface area contributed by atoms with Crippen LogP contribution >= 0.6 is 0 Å². The SMILES string of the molecule is CC1Cc2ccccc2N(S(=O)(=O)c2ccc(O)cc2)C1. The van der Waals surface area contributed by atoms with Gasteiger partial charge in [-0.05, 0) is 48.2 Å². The van der Waals surface area contributed by atoms with E-state index in [1.165, 1.54) is 28.6 Å². The van der Waals surface area contributed by atoms with Crippen molar-refractivity contribution in [3.63, 3.8) is 0 Å². The van der Waals surface area contributed by atoms with Crippen LogP contribution < -0.4 is 4.31 Å². The molecule has 0 aliphatic carbocycles. The number of phenolic OH excluding ortho intramolecular Hbond substituents is 1. The van der Waals surface area contributed by atoms with E-state index in [-0.39, 0.29) is 16.6 Å². The molecule has 0 radical (unpaired) electrons. The number of rotatable bonds is 2. The molecule has 2 aromatic carbocycles. The summed E-state index contributed by atoms with van der Waals surface area (Å²) in [6.07, 6.45) is 0.887. The first-order valence-electron chi connectivity index (χ1n) is 6.88. The largest absolute Gasteiger partial charge is 0.508 e. The summed E-state index contributed by atoms with van der Waals surface area (Å²) in [5, 5.41) is 9.32. The molecule has 0 fully saturated rings. The van der Waals surface area contributed by atoms with Gasteiger partial charge in [0.2, 0.25) is 0 Å². The van der Waals surface area contributed by atoms with Gasteiger partial charge in [-0.3, -0.25) is 4.31 Å². The monoisotopic (exact) mass is 303 g/mol. The molecular weight excluding hydrogens is 286 g/mol. The van der Waals surface area contributed by atoms with Crippen molar-refractivity contribution in [2.75, 3.05) is 10.8 Å². The third-order valence-corrected chi connectivity index (χ3v) is 5.52. The van der Waals surface area contributed by atoms with Crippen LogP contribution in [-0.2, 0) is 16.4 Å². The van der Waals surface area contributed by atoms with Gasteiger partial charge in [-0.1, -0.05) is 25.1 Å². The van der Waals surface area contributed by atoms with Crippen LogP contribution in [0.4, 0.5) is 5.69 Å². The van der Waals surface area contributed by atoms with Crippen LogP contribution in [0.3, 0.4) is 0 Å². The summed E-state index contributed by atoms with van der Waals surface area (Å²) in [7, 11) is -3.60. The number of benzene rings is 2. The van der Waals surface area contributed by atoms with Gasteiger partial charge in [-0.2, -0.15) is 0 Å². The summed E-state index contributed by atoms with van der Waals surface area (Å²) < 4.78 is 27.2. The fourth-order valence-corrected chi connectivity index (χ4v) is 4.34. The average molecular weight is 303 g/mol. The first kappa shape index (κ1) is 13.9. The van der Waals surface area contributed by atoms with Crippen molar-refractivity contribution < 1.29 is 13.5 Å². The van der Waals surface area contributed by atoms with Crippen molar-refractivity contribution in [3.8, 4) is 5.75 Å². The second-order valence-corrected chi connectivity index (χ2v) is 7.33. The van der Waals surface area contributed by atoms with Crippen molar-refractivity contribution in [2.45, 2.75) is 18.2 Å². The summed E-state index contributed by atoms with van der Waals surface area (Å²) >= 11 is 0. The number of fused-ring (bicyclic) bond motifs is 1. The van der Waals surface area contributed by atoms with Crippen LogP contribution in [0, 0.1) is 5.92 Å². The molecule has 4 nitrogen and oxygen atoms in total. The van der Waals surface area contributed by atoms with Crippen LogP contribution in [0.2, 0.25) is 0 Å². The van der Waals surface area contributed by atoms with Gasteiger partial charge in [-0.25, -0.2) is 8.42 Å². The Morgan fingerprint density at radius 2 is 1.76 bits per heavy atom. The Bertz CT molecular complexity index is 753. The van der Waals surface area contributed by atoms with Crippen LogP contribution in [0.15, 0.2) is 53.4 Å². The van der Waals surface area contributed by atoms with Crippen molar-refractivity contribution in [1.82, 2.24) is 0 Å². The van der Waals surface area contributed by atoms with E-state index in [2.05, 4.69) is 6.92 Å². The van der Waals surface area contributed by atoms with E-state index in [0.29, 0.717) is 6.54 Å². The number of sulfonamides is 1. The number of para-hydroxylation sites is 1. The van der Waals surface area contributed by atoms with Crippen molar-refractivity contribution >= 4 is 15.7 Å². The van der Waals surface area contributed by atoms with Gasteiger partial charge in [0.1, 0.15) is 5.75 Å². The lowest BCUT2D eigenvalue weighted by molar-refractivity contribution is 0.474. The first-order chi connectivity index (χ1) is 9.98. The second kappa shape index (κ2) is 5.07. The fourth-order valence-electron chi connectivity index (χ4n) is 2.72. The molecule has 1 atom stereocenters. The molecular formula is C16H17NO3S. The van der Waals surface area contributed by atoms with E-state index in [0.717, 1.165) is 17.7 Å².